The average Bonchev–Trinajstić information content (AvgIpc) is 3.37. The molecule has 0 bridgehead atoms. The summed E-state index contributed by atoms with van der Waals surface area (Å²) < 4.78 is 0. The number of pyridine rings is 1. The van der Waals surface area contributed by atoms with Crippen molar-refractivity contribution in [3.8, 4) is 11.1 Å². The molecule has 1 amide bonds. The van der Waals surface area contributed by atoms with Crippen LogP contribution in [0.4, 0.5) is 5.69 Å². The number of H-pyrrole nitrogens is 2. The van der Waals surface area contributed by atoms with Gasteiger partial charge in [0, 0.05) is 28.7 Å². The van der Waals surface area contributed by atoms with Gasteiger partial charge in [-0.25, -0.2) is 0 Å². The van der Waals surface area contributed by atoms with Gasteiger partial charge in [-0.3, -0.25) is 14.9 Å². The van der Waals surface area contributed by atoms with Crippen LogP contribution in [-0.4, -0.2) is 26.1 Å². The number of anilines is 1. The number of aryl methyl sites for hydroxylation is 1. The maximum Gasteiger partial charge on any atom is 0.274 e. The SMILES string of the molecule is Cc1cccnc1C(=O)Nc1cc(-c2cccc3[nH]ccc23)cc2[nH]ncc12. The van der Waals surface area contributed by atoms with Crippen molar-refractivity contribution in [2.24, 2.45) is 0 Å². The van der Waals surface area contributed by atoms with Crippen LogP contribution >= 0.6 is 0 Å². The molecule has 0 aliphatic heterocycles. The Morgan fingerprint density at radius 2 is 1.96 bits per heavy atom. The quantitative estimate of drug-likeness (QED) is 0.433. The maximum absolute atomic E-state index is 12.8. The fourth-order valence-corrected chi connectivity index (χ4v) is 3.55. The molecule has 0 fully saturated rings. The summed E-state index contributed by atoms with van der Waals surface area (Å²) >= 11 is 0. The van der Waals surface area contributed by atoms with E-state index in [4.69, 9.17) is 0 Å². The Bertz CT molecular complexity index is 1330. The summed E-state index contributed by atoms with van der Waals surface area (Å²) in [6.45, 7) is 1.87. The third-order valence-electron chi connectivity index (χ3n) is 4.94. The van der Waals surface area contributed by atoms with Gasteiger partial charge in [0.1, 0.15) is 5.69 Å². The predicted octanol–water partition coefficient (Wildman–Crippen LogP) is 4.67. The molecule has 0 atom stereocenters. The van der Waals surface area contributed by atoms with Crippen molar-refractivity contribution in [1.82, 2.24) is 20.2 Å². The van der Waals surface area contributed by atoms with E-state index in [0.29, 0.717) is 11.4 Å². The predicted molar refractivity (Wildman–Crippen MR) is 110 cm³/mol. The number of carbonyl (C=O) groups is 1. The molecule has 5 aromatic rings. The molecule has 0 aliphatic rings. The highest BCUT2D eigenvalue weighted by atomic mass is 16.1. The van der Waals surface area contributed by atoms with Crippen LogP contribution in [0.1, 0.15) is 16.1 Å². The van der Waals surface area contributed by atoms with Crippen LogP contribution in [-0.2, 0) is 0 Å². The third kappa shape index (κ3) is 2.63. The van der Waals surface area contributed by atoms with Gasteiger partial charge in [-0.1, -0.05) is 18.2 Å². The van der Waals surface area contributed by atoms with E-state index in [2.05, 4.69) is 37.6 Å². The molecule has 3 aromatic heterocycles. The minimum Gasteiger partial charge on any atom is -0.361 e. The van der Waals surface area contributed by atoms with Crippen LogP contribution in [0.5, 0.6) is 0 Å². The Balaban J connectivity index is 1.63. The van der Waals surface area contributed by atoms with Gasteiger partial charge in [-0.2, -0.15) is 5.10 Å². The van der Waals surface area contributed by atoms with Crippen molar-refractivity contribution in [2.75, 3.05) is 5.32 Å². The lowest BCUT2D eigenvalue weighted by Gasteiger charge is -2.11. The van der Waals surface area contributed by atoms with Crippen molar-refractivity contribution in [3.05, 3.63) is 78.4 Å². The Kier molecular flexibility index (Phi) is 3.69. The van der Waals surface area contributed by atoms with Gasteiger partial charge < -0.3 is 10.3 Å². The molecule has 6 nitrogen and oxygen atoms in total. The number of benzene rings is 2. The number of hydrogen-bond donors (Lipinski definition) is 3. The zero-order chi connectivity index (χ0) is 19.1. The summed E-state index contributed by atoms with van der Waals surface area (Å²) in [4.78, 5) is 20.3. The van der Waals surface area contributed by atoms with Crippen LogP contribution in [0.3, 0.4) is 0 Å². The van der Waals surface area contributed by atoms with E-state index in [1.165, 1.54) is 0 Å². The van der Waals surface area contributed by atoms with Crippen molar-refractivity contribution in [2.45, 2.75) is 6.92 Å². The Hall–Kier alpha value is -3.93. The van der Waals surface area contributed by atoms with E-state index in [-0.39, 0.29) is 5.91 Å². The topological polar surface area (TPSA) is 86.5 Å². The molecule has 0 saturated carbocycles. The first kappa shape index (κ1) is 16.3. The normalized spacial score (nSPS) is 11.2. The highest BCUT2D eigenvalue weighted by molar-refractivity contribution is 6.10. The summed E-state index contributed by atoms with van der Waals surface area (Å²) in [5.74, 6) is -0.238. The van der Waals surface area contributed by atoms with Crippen LogP contribution < -0.4 is 5.32 Å². The van der Waals surface area contributed by atoms with Gasteiger partial charge in [-0.05, 0) is 53.9 Å². The van der Waals surface area contributed by atoms with E-state index in [1.807, 2.05) is 49.5 Å². The molecule has 0 aliphatic carbocycles. The number of rotatable bonds is 3. The van der Waals surface area contributed by atoms with E-state index in [1.54, 1.807) is 12.4 Å². The maximum atomic E-state index is 12.8. The lowest BCUT2D eigenvalue weighted by atomic mass is 9.99. The molecule has 5 rings (SSSR count). The lowest BCUT2D eigenvalue weighted by molar-refractivity contribution is 0.102. The van der Waals surface area contributed by atoms with Gasteiger partial charge in [0.05, 0.1) is 17.4 Å². The number of nitrogens with one attached hydrogen (secondary N) is 3. The largest absolute Gasteiger partial charge is 0.361 e. The summed E-state index contributed by atoms with van der Waals surface area (Å²) in [5.41, 5.74) is 5.95. The minimum atomic E-state index is -0.238. The summed E-state index contributed by atoms with van der Waals surface area (Å²) in [6, 6.07) is 15.9. The number of fused-ring (bicyclic) bond motifs is 2. The van der Waals surface area contributed by atoms with Gasteiger partial charge >= 0.3 is 0 Å². The second-order valence-electron chi connectivity index (χ2n) is 6.72. The van der Waals surface area contributed by atoms with Gasteiger partial charge in [0.2, 0.25) is 0 Å². The number of hydrogen-bond acceptors (Lipinski definition) is 3. The molecule has 0 spiro atoms. The molecule has 3 heterocycles. The lowest BCUT2D eigenvalue weighted by Crippen LogP contribution is -2.15. The molecule has 0 saturated heterocycles. The number of aromatic amines is 2. The fraction of sp³-hybridized carbons (Fsp3) is 0.0455. The Labute approximate surface area is 160 Å². The molecule has 28 heavy (non-hydrogen) atoms. The smallest absolute Gasteiger partial charge is 0.274 e. The highest BCUT2D eigenvalue weighted by Crippen LogP contribution is 2.34. The first-order valence-corrected chi connectivity index (χ1v) is 8.97. The van der Waals surface area contributed by atoms with E-state index in [0.717, 1.165) is 38.5 Å². The summed E-state index contributed by atoms with van der Waals surface area (Å²) in [7, 11) is 0. The van der Waals surface area contributed by atoms with Crippen LogP contribution in [0, 0.1) is 6.92 Å². The summed E-state index contributed by atoms with van der Waals surface area (Å²) in [5, 5.41) is 12.1. The van der Waals surface area contributed by atoms with Crippen LogP contribution in [0.15, 0.2) is 67.1 Å². The molecule has 0 unspecified atom stereocenters. The average molecular weight is 367 g/mol. The summed E-state index contributed by atoms with van der Waals surface area (Å²) in [6.07, 6.45) is 5.27. The van der Waals surface area contributed by atoms with Crippen LogP contribution in [0.25, 0.3) is 32.9 Å². The monoisotopic (exact) mass is 367 g/mol. The zero-order valence-electron chi connectivity index (χ0n) is 15.2. The van der Waals surface area contributed by atoms with E-state index in [9.17, 15) is 4.79 Å². The van der Waals surface area contributed by atoms with E-state index < -0.39 is 0 Å². The second kappa shape index (κ2) is 6.35. The van der Waals surface area contributed by atoms with Gasteiger partial charge in [-0.15, -0.1) is 0 Å². The first-order valence-electron chi connectivity index (χ1n) is 8.97. The van der Waals surface area contributed by atoms with Crippen molar-refractivity contribution in [1.29, 1.82) is 0 Å². The minimum absolute atomic E-state index is 0.238. The van der Waals surface area contributed by atoms with Gasteiger partial charge in [0.25, 0.3) is 5.91 Å². The molecule has 2 aromatic carbocycles. The first-order chi connectivity index (χ1) is 13.7. The molecular weight excluding hydrogens is 350 g/mol. The number of carbonyl (C=O) groups excluding carboxylic acids is 1. The fourth-order valence-electron chi connectivity index (χ4n) is 3.55. The molecule has 6 heteroatoms. The molecule has 3 N–H and O–H groups in total. The number of nitrogens with zero attached hydrogens (tertiary/aromatic N) is 2. The molecule has 136 valence electrons. The van der Waals surface area contributed by atoms with Crippen molar-refractivity contribution >= 4 is 33.4 Å². The standard InChI is InChI=1S/C22H17N5O/c1-13-4-3-8-24-21(13)22(28)26-19-10-14(11-20-17(19)12-25-27-20)15-5-2-6-18-16(15)7-9-23-18/h2-12,23H,1H3,(H,25,27)(H,26,28). The highest BCUT2D eigenvalue weighted by Gasteiger charge is 2.15. The van der Waals surface area contributed by atoms with E-state index >= 15 is 0 Å². The van der Waals surface area contributed by atoms with Crippen LogP contribution in [0.2, 0.25) is 0 Å². The Morgan fingerprint density at radius 1 is 1.04 bits per heavy atom. The zero-order valence-corrected chi connectivity index (χ0v) is 15.2. The number of aromatic nitrogens is 4. The van der Waals surface area contributed by atoms with Gasteiger partial charge in [0.15, 0.2) is 0 Å². The molecular formula is C22H17N5O. The number of amides is 1. The second-order valence-corrected chi connectivity index (χ2v) is 6.72. The molecule has 0 radical (unpaired) electrons. The Morgan fingerprint density at radius 3 is 2.86 bits per heavy atom. The van der Waals surface area contributed by atoms with Crippen molar-refractivity contribution in [3.63, 3.8) is 0 Å². The third-order valence-corrected chi connectivity index (χ3v) is 4.94. The van der Waals surface area contributed by atoms with Crippen molar-refractivity contribution < 1.29 is 4.79 Å².